The molecule has 1 N–H and O–H groups in total. The molecule has 5 nitrogen and oxygen atoms in total. The molecule has 1 aromatic heterocycles. The van der Waals surface area contributed by atoms with Crippen molar-refractivity contribution < 1.29 is 36.6 Å². The molecule has 1 saturated carbocycles. The van der Waals surface area contributed by atoms with Crippen molar-refractivity contribution in [2.24, 2.45) is 11.8 Å². The molecule has 2 aliphatic carbocycles. The van der Waals surface area contributed by atoms with Crippen molar-refractivity contribution in [3.8, 4) is 23.1 Å². The van der Waals surface area contributed by atoms with E-state index in [1.165, 1.54) is 12.3 Å². The molecule has 0 saturated heterocycles. The molecule has 3 atom stereocenters. The summed E-state index contributed by atoms with van der Waals surface area (Å²) in [6.07, 6.45) is -2.89. The van der Waals surface area contributed by atoms with Gasteiger partial charge in [-0.15, -0.1) is 0 Å². The number of carboxylic acid groups (broad SMARTS) is 1. The van der Waals surface area contributed by atoms with Crippen LogP contribution in [0.1, 0.15) is 33.7 Å². The van der Waals surface area contributed by atoms with Gasteiger partial charge in [0.15, 0.2) is 0 Å². The number of alkyl halides is 3. The van der Waals surface area contributed by atoms with Crippen LogP contribution in [-0.2, 0) is 24.0 Å². The third kappa shape index (κ3) is 3.97. The first-order chi connectivity index (χ1) is 16.6. The van der Waals surface area contributed by atoms with Crippen molar-refractivity contribution in [2.75, 3.05) is 0 Å². The summed E-state index contributed by atoms with van der Waals surface area (Å²) in [6.45, 7) is -0.467. The van der Waals surface area contributed by atoms with Crippen LogP contribution in [0.4, 0.5) is 22.0 Å². The van der Waals surface area contributed by atoms with Crippen LogP contribution < -0.4 is 4.74 Å². The minimum atomic E-state index is -4.95. The van der Waals surface area contributed by atoms with Crippen LogP contribution in [0.3, 0.4) is 0 Å². The van der Waals surface area contributed by atoms with Crippen LogP contribution in [0, 0.1) is 34.8 Å². The molecule has 2 aliphatic rings. The molecule has 0 spiro atoms. The summed E-state index contributed by atoms with van der Waals surface area (Å²) in [5.74, 6) is -3.45. The number of hydrogen-bond donors (Lipinski definition) is 1. The minimum absolute atomic E-state index is 0.0109. The lowest BCUT2D eigenvalue weighted by atomic mass is 9.95. The van der Waals surface area contributed by atoms with Crippen molar-refractivity contribution in [2.45, 2.75) is 25.1 Å². The van der Waals surface area contributed by atoms with Crippen molar-refractivity contribution in [1.82, 2.24) is 4.98 Å². The first-order valence-electron chi connectivity index (χ1n) is 10.5. The number of aromatic nitrogens is 1. The molecule has 3 aromatic rings. The smallest absolute Gasteiger partial charge is 0.417 e. The second-order valence-corrected chi connectivity index (χ2v) is 8.56. The molecular weight excluding hydrogens is 471 g/mol. The van der Waals surface area contributed by atoms with Crippen LogP contribution in [0.25, 0.3) is 11.1 Å². The Kier molecular flexibility index (Phi) is 5.24. The number of benzene rings is 2. The molecule has 1 heterocycles. The zero-order valence-corrected chi connectivity index (χ0v) is 17.7. The van der Waals surface area contributed by atoms with Gasteiger partial charge in [-0.2, -0.15) is 18.4 Å². The SMILES string of the molecule is N#Cc1ccc(-c2cc(COc3cc4c(cn3)C3C(C4)C3C(=O)O)c(F)cc2C(F)(F)F)c(F)c1. The molecular formula is C25H15F5N2O3. The van der Waals surface area contributed by atoms with E-state index < -0.39 is 53.0 Å². The highest BCUT2D eigenvalue weighted by Crippen LogP contribution is 2.61. The zero-order chi connectivity index (χ0) is 25.1. The maximum atomic E-state index is 14.6. The Morgan fingerprint density at radius 3 is 2.57 bits per heavy atom. The molecule has 0 aliphatic heterocycles. The van der Waals surface area contributed by atoms with E-state index in [0.717, 1.165) is 29.3 Å². The number of fused-ring (bicyclic) bond motifs is 3. The maximum absolute atomic E-state index is 14.6. The van der Waals surface area contributed by atoms with Gasteiger partial charge in [-0.25, -0.2) is 13.8 Å². The number of rotatable bonds is 5. The summed E-state index contributed by atoms with van der Waals surface area (Å²) in [4.78, 5) is 15.4. The molecule has 2 aromatic carbocycles. The number of carbonyl (C=O) groups is 1. The fourth-order valence-corrected chi connectivity index (χ4v) is 4.82. The van der Waals surface area contributed by atoms with Crippen LogP contribution in [0.2, 0.25) is 0 Å². The molecule has 0 bridgehead atoms. The topological polar surface area (TPSA) is 83.2 Å². The fourth-order valence-electron chi connectivity index (χ4n) is 4.82. The molecule has 1 fully saturated rings. The van der Waals surface area contributed by atoms with Crippen LogP contribution in [0.5, 0.6) is 5.88 Å². The van der Waals surface area contributed by atoms with Gasteiger partial charge in [-0.1, -0.05) is 6.07 Å². The Labute approximate surface area is 195 Å². The highest BCUT2D eigenvalue weighted by molar-refractivity contribution is 5.77. The average molecular weight is 486 g/mol. The van der Waals surface area contributed by atoms with E-state index >= 15 is 0 Å². The van der Waals surface area contributed by atoms with Crippen LogP contribution in [0.15, 0.2) is 42.6 Å². The predicted octanol–water partition coefficient (Wildman–Crippen LogP) is 5.47. The zero-order valence-electron chi connectivity index (χ0n) is 17.7. The van der Waals surface area contributed by atoms with Gasteiger partial charge in [0.25, 0.3) is 0 Å². The third-order valence-corrected chi connectivity index (χ3v) is 6.52. The number of aliphatic carboxylic acids is 1. The lowest BCUT2D eigenvalue weighted by Gasteiger charge is -2.17. The first-order valence-corrected chi connectivity index (χ1v) is 10.5. The van der Waals surface area contributed by atoms with Gasteiger partial charge in [-0.05, 0) is 53.3 Å². The molecule has 5 rings (SSSR count). The largest absolute Gasteiger partial charge is 0.481 e. The van der Waals surface area contributed by atoms with Gasteiger partial charge in [0, 0.05) is 29.3 Å². The third-order valence-electron chi connectivity index (χ3n) is 6.52. The Bertz CT molecular complexity index is 1410. The highest BCUT2D eigenvalue weighted by Gasteiger charge is 2.59. The van der Waals surface area contributed by atoms with Gasteiger partial charge in [-0.3, -0.25) is 4.79 Å². The number of hydrogen-bond acceptors (Lipinski definition) is 4. The Hall–Kier alpha value is -4.00. The summed E-state index contributed by atoms with van der Waals surface area (Å²) in [7, 11) is 0. The predicted molar refractivity (Wildman–Crippen MR) is 111 cm³/mol. The van der Waals surface area contributed by atoms with Gasteiger partial charge in [0.2, 0.25) is 5.88 Å². The Balaban J connectivity index is 1.43. The lowest BCUT2D eigenvalue weighted by Crippen LogP contribution is -2.11. The summed E-state index contributed by atoms with van der Waals surface area (Å²) >= 11 is 0. The van der Waals surface area contributed by atoms with E-state index in [0.29, 0.717) is 12.5 Å². The van der Waals surface area contributed by atoms with E-state index in [2.05, 4.69) is 4.98 Å². The number of ether oxygens (including phenoxy) is 1. The summed E-state index contributed by atoms with van der Waals surface area (Å²) in [5.41, 5.74) is -0.982. The Morgan fingerprint density at radius 1 is 1.14 bits per heavy atom. The highest BCUT2D eigenvalue weighted by atomic mass is 19.4. The van der Waals surface area contributed by atoms with Gasteiger partial charge >= 0.3 is 12.1 Å². The number of nitrogens with zero attached hydrogens (tertiary/aromatic N) is 2. The van der Waals surface area contributed by atoms with Crippen molar-refractivity contribution in [3.63, 3.8) is 0 Å². The van der Waals surface area contributed by atoms with E-state index in [1.54, 1.807) is 12.1 Å². The average Bonchev–Trinajstić information content (AvgIpc) is 3.40. The molecule has 0 amide bonds. The van der Waals surface area contributed by atoms with E-state index in [-0.39, 0.29) is 28.8 Å². The Morgan fingerprint density at radius 2 is 1.91 bits per heavy atom. The molecule has 35 heavy (non-hydrogen) atoms. The van der Waals surface area contributed by atoms with Gasteiger partial charge < -0.3 is 9.84 Å². The van der Waals surface area contributed by atoms with E-state index in [1.807, 2.05) is 0 Å². The van der Waals surface area contributed by atoms with E-state index in [9.17, 15) is 31.9 Å². The van der Waals surface area contributed by atoms with E-state index in [4.69, 9.17) is 10.00 Å². The van der Waals surface area contributed by atoms with Crippen molar-refractivity contribution >= 4 is 5.97 Å². The monoisotopic (exact) mass is 486 g/mol. The fraction of sp³-hybridized carbons (Fsp3) is 0.240. The second kappa shape index (κ2) is 8.05. The number of pyridine rings is 1. The van der Waals surface area contributed by atoms with Crippen LogP contribution in [-0.4, -0.2) is 16.1 Å². The quantitative estimate of drug-likeness (QED) is 0.484. The standard InChI is InChI=1S/C25H15F5N2O3/c26-19-7-18(25(28,29)30)15(14-2-1-11(8-31)3-20(14)27)5-13(19)10-35-21-6-12-4-16-22(17(12)9-32-21)23(16)24(33)34/h1-3,5-7,9,16,22-23H,4,10H2,(H,33,34). The number of nitriles is 1. The summed E-state index contributed by atoms with van der Waals surface area (Å²) in [5, 5.41) is 18.1. The lowest BCUT2D eigenvalue weighted by molar-refractivity contribution is -0.139. The second-order valence-electron chi connectivity index (χ2n) is 8.56. The number of halogens is 5. The van der Waals surface area contributed by atoms with Gasteiger partial charge in [0.1, 0.15) is 18.2 Å². The summed E-state index contributed by atoms with van der Waals surface area (Å²) in [6, 6.07) is 7.51. The van der Waals surface area contributed by atoms with Crippen molar-refractivity contribution in [3.05, 3.63) is 82.0 Å². The molecule has 3 unspecified atom stereocenters. The first kappa shape index (κ1) is 22.8. The molecule has 10 heteroatoms. The number of carboxylic acids is 1. The van der Waals surface area contributed by atoms with Crippen molar-refractivity contribution in [1.29, 1.82) is 5.26 Å². The maximum Gasteiger partial charge on any atom is 0.417 e. The molecule has 178 valence electrons. The minimum Gasteiger partial charge on any atom is -0.481 e. The normalized spacial score (nSPS) is 20.1. The summed E-state index contributed by atoms with van der Waals surface area (Å²) < 4.78 is 75.4. The molecule has 0 radical (unpaired) electrons. The van der Waals surface area contributed by atoms with Crippen LogP contribution >= 0.6 is 0 Å². The van der Waals surface area contributed by atoms with Gasteiger partial charge in [0.05, 0.1) is 23.1 Å².